The normalized spacial score (nSPS) is 21.9. The molecule has 4 fully saturated rings. The van der Waals surface area contributed by atoms with E-state index in [1.165, 1.54) is 17.7 Å². The third-order valence-electron chi connectivity index (χ3n) is 14.7. The van der Waals surface area contributed by atoms with E-state index in [0.717, 1.165) is 80.6 Å². The minimum absolute atomic E-state index is 0.0312. The predicted octanol–water partition coefficient (Wildman–Crippen LogP) is 5.28. The van der Waals surface area contributed by atoms with Gasteiger partial charge in [0.2, 0.25) is 23.7 Å². The van der Waals surface area contributed by atoms with Gasteiger partial charge in [0.25, 0.3) is 5.91 Å². The van der Waals surface area contributed by atoms with Gasteiger partial charge < -0.3 is 19.2 Å². The van der Waals surface area contributed by atoms with Crippen molar-refractivity contribution in [2.45, 2.75) is 84.2 Å². The molecule has 346 valence electrons. The Morgan fingerprint density at radius 1 is 0.909 bits per heavy atom. The fourth-order valence-electron chi connectivity index (χ4n) is 10.8. The molecule has 5 aromatic rings. The molecule has 2 N–H and O–H groups in total. The average Bonchev–Trinajstić information content (AvgIpc) is 3.80. The van der Waals surface area contributed by atoms with Gasteiger partial charge in [0, 0.05) is 79.1 Å². The van der Waals surface area contributed by atoms with E-state index in [1.54, 1.807) is 21.9 Å². The summed E-state index contributed by atoms with van der Waals surface area (Å²) in [6, 6.07) is 14.4. The van der Waals surface area contributed by atoms with Crippen LogP contribution in [0.1, 0.15) is 91.4 Å². The SMILES string of the molecule is Cc1cc2cc(n1)-c1cc[n+](C)n1OCCC[C@@H](C)Cn1c(nc3ccc(CN4CCC5(CC4)CCN(C(=O)C4CN(c6cc(F)c([C@H]7CCC(=O)NC7=O)c(F)c6)C4)CC5)cc31)NC2=O. The highest BCUT2D eigenvalue weighted by atomic mass is 19.1. The minimum atomic E-state index is -1.05. The largest absolute Gasteiger partial charge is 0.370 e. The summed E-state index contributed by atoms with van der Waals surface area (Å²) in [5.41, 5.74) is 5.89. The summed E-state index contributed by atoms with van der Waals surface area (Å²) in [6.45, 7) is 10.2. The van der Waals surface area contributed by atoms with Gasteiger partial charge >= 0.3 is 0 Å². The first-order valence-electron chi connectivity index (χ1n) is 23.4. The molecule has 66 heavy (non-hydrogen) atoms. The van der Waals surface area contributed by atoms with Gasteiger partial charge in [-0.1, -0.05) is 17.7 Å². The van der Waals surface area contributed by atoms with Gasteiger partial charge in [-0.15, -0.1) is 0 Å². The van der Waals surface area contributed by atoms with E-state index in [1.807, 2.05) is 35.8 Å². The Kier molecular flexibility index (Phi) is 11.6. The molecule has 0 aliphatic carbocycles. The number of hydrogen-bond donors (Lipinski definition) is 2. The van der Waals surface area contributed by atoms with E-state index in [9.17, 15) is 19.2 Å². The number of nitrogens with zero attached hydrogens (tertiary/aromatic N) is 8. The molecular weight excluding hydrogens is 847 g/mol. The van der Waals surface area contributed by atoms with Gasteiger partial charge in [-0.3, -0.25) is 39.7 Å². The molecular formula is C49H57F2N10O5+. The lowest BCUT2D eigenvalue weighted by molar-refractivity contribution is -0.777. The zero-order valence-corrected chi connectivity index (χ0v) is 37.8. The van der Waals surface area contributed by atoms with Crippen LogP contribution in [0, 0.1) is 35.8 Å². The third-order valence-corrected chi connectivity index (χ3v) is 14.7. The highest BCUT2D eigenvalue weighted by Crippen LogP contribution is 2.43. The fraction of sp³-hybridized carbons (Fsp3) is 0.490. The zero-order chi connectivity index (χ0) is 45.9. The molecule has 3 aromatic heterocycles. The Bertz CT molecular complexity index is 2700. The molecule has 0 radical (unpaired) electrons. The average molecular weight is 904 g/mol. The van der Waals surface area contributed by atoms with Crippen molar-refractivity contribution in [3.63, 3.8) is 0 Å². The summed E-state index contributed by atoms with van der Waals surface area (Å²) in [7, 11) is 1.92. The molecule has 15 nitrogen and oxygen atoms in total. The van der Waals surface area contributed by atoms with Crippen LogP contribution in [0.2, 0.25) is 0 Å². The summed E-state index contributed by atoms with van der Waals surface area (Å²) >= 11 is 0. The second-order valence-corrected chi connectivity index (χ2v) is 19.4. The first-order chi connectivity index (χ1) is 31.8. The van der Waals surface area contributed by atoms with Crippen LogP contribution >= 0.6 is 0 Å². The van der Waals surface area contributed by atoms with E-state index in [2.05, 4.69) is 45.2 Å². The topological polar surface area (TPSA) is 151 Å². The highest BCUT2D eigenvalue weighted by molar-refractivity contribution is 6.05. The van der Waals surface area contributed by atoms with Crippen LogP contribution in [0.5, 0.6) is 0 Å². The summed E-state index contributed by atoms with van der Waals surface area (Å²) in [5, 5.41) is 5.32. The van der Waals surface area contributed by atoms with Crippen molar-refractivity contribution in [2.75, 3.05) is 56.1 Å². The van der Waals surface area contributed by atoms with Crippen molar-refractivity contribution in [3.05, 3.63) is 88.7 Å². The van der Waals surface area contributed by atoms with Crippen LogP contribution in [0.3, 0.4) is 0 Å². The van der Waals surface area contributed by atoms with Crippen LogP contribution in [-0.2, 0) is 34.5 Å². The molecule has 5 aliphatic rings. The highest BCUT2D eigenvalue weighted by Gasteiger charge is 2.42. The Hall–Kier alpha value is -6.23. The number of anilines is 2. The minimum Gasteiger partial charge on any atom is -0.370 e. The Labute approximate surface area is 382 Å². The summed E-state index contributed by atoms with van der Waals surface area (Å²) < 4.78 is 34.4. The molecule has 10 rings (SSSR count). The molecule has 8 heterocycles. The zero-order valence-electron chi connectivity index (χ0n) is 37.8. The number of piperidine rings is 3. The van der Waals surface area contributed by atoms with Gasteiger partial charge in [-0.2, -0.15) is 0 Å². The lowest BCUT2D eigenvalue weighted by atomic mass is 9.71. The number of benzene rings is 2. The van der Waals surface area contributed by atoms with Gasteiger partial charge in [-0.05, 0) is 118 Å². The number of aryl methyl sites for hydroxylation is 2. The van der Waals surface area contributed by atoms with Crippen molar-refractivity contribution in [1.29, 1.82) is 0 Å². The van der Waals surface area contributed by atoms with Crippen molar-refractivity contribution < 1.29 is 37.5 Å². The number of pyridine rings is 1. The first kappa shape index (κ1) is 43.7. The number of imidazole rings is 1. The number of fused-ring (bicyclic) bond motifs is 7. The molecule has 0 unspecified atom stereocenters. The number of halogens is 2. The van der Waals surface area contributed by atoms with Gasteiger partial charge in [-0.25, -0.2) is 13.8 Å². The summed E-state index contributed by atoms with van der Waals surface area (Å²) in [6.07, 6.45) is 7.83. The molecule has 2 bridgehead atoms. The van der Waals surface area contributed by atoms with Crippen molar-refractivity contribution >= 4 is 46.3 Å². The molecule has 1 spiro atoms. The van der Waals surface area contributed by atoms with E-state index < -0.39 is 29.4 Å². The monoisotopic (exact) mass is 903 g/mol. The van der Waals surface area contributed by atoms with Crippen molar-refractivity contribution in [1.82, 2.24) is 34.5 Å². The quantitative estimate of drug-likeness (QED) is 0.178. The second kappa shape index (κ2) is 17.5. The number of aromatic nitrogens is 5. The number of hydrogen-bond acceptors (Lipinski definition) is 9. The first-order valence-corrected chi connectivity index (χ1v) is 23.4. The van der Waals surface area contributed by atoms with Crippen molar-refractivity contribution in [3.8, 4) is 11.4 Å². The maximum atomic E-state index is 15.2. The number of nitrogens with one attached hydrogen (secondary N) is 2. The lowest BCUT2D eigenvalue weighted by Crippen LogP contribution is -2.57. The standard InChI is InChI=1S/C49H56F2N10O5/c1-30-5-4-20-66-61-41(10-15-56(61)3)40-23-33(21-31(2)52-40)45(63)55-48-53-39-8-6-32(22-42(39)60(48)26-30)27-57-16-11-49(12-17-57)13-18-58(19-14-49)47(65)34-28-59(29-34)35-24-37(50)44(38(51)25-35)36-7-9-43(62)54-46(36)64/h6,8,10,15,21-25,30,34,36H,4-5,7,9,11-14,16-20,26-29H2,1-3H3,(H-,53,54,55,62,63,64)/p+1/t30-,36-/m1/s1. The van der Waals surface area contributed by atoms with E-state index >= 15 is 8.78 Å². The molecule has 0 saturated carbocycles. The Balaban J connectivity index is 0.750. The lowest BCUT2D eigenvalue weighted by Gasteiger charge is -2.48. The number of imide groups is 1. The molecule has 2 aromatic carbocycles. The van der Waals surface area contributed by atoms with Crippen LogP contribution in [0.25, 0.3) is 22.4 Å². The third kappa shape index (κ3) is 8.53. The van der Waals surface area contributed by atoms with Crippen LogP contribution < -0.4 is 25.1 Å². The molecule has 2 atom stereocenters. The second-order valence-electron chi connectivity index (χ2n) is 19.4. The van der Waals surface area contributed by atoms with Crippen LogP contribution in [0.4, 0.5) is 20.4 Å². The Morgan fingerprint density at radius 3 is 2.39 bits per heavy atom. The molecule has 4 saturated heterocycles. The number of amides is 4. The van der Waals surface area contributed by atoms with E-state index in [4.69, 9.17) is 14.8 Å². The number of carbonyl (C=O) groups excluding carboxylic acids is 4. The maximum absolute atomic E-state index is 15.2. The Morgan fingerprint density at radius 2 is 1.65 bits per heavy atom. The number of likely N-dealkylation sites (tertiary alicyclic amines) is 2. The smallest absolute Gasteiger partial charge is 0.258 e. The molecule has 4 amide bonds. The number of rotatable bonds is 5. The van der Waals surface area contributed by atoms with Gasteiger partial charge in [0.1, 0.15) is 18.2 Å². The van der Waals surface area contributed by atoms with Crippen molar-refractivity contribution in [2.24, 2.45) is 24.3 Å². The van der Waals surface area contributed by atoms with Gasteiger partial charge in [0.15, 0.2) is 18.9 Å². The molecule has 5 aliphatic heterocycles. The summed E-state index contributed by atoms with van der Waals surface area (Å²) in [4.78, 5) is 75.3. The van der Waals surface area contributed by atoms with Crippen LogP contribution in [0.15, 0.2) is 54.7 Å². The van der Waals surface area contributed by atoms with Crippen LogP contribution in [-0.4, -0.2) is 98.7 Å². The van der Waals surface area contributed by atoms with Gasteiger partial charge in [0.05, 0.1) is 28.6 Å². The molecule has 17 heteroatoms. The van der Waals surface area contributed by atoms with E-state index in [0.29, 0.717) is 62.2 Å². The predicted molar refractivity (Wildman–Crippen MR) is 241 cm³/mol. The maximum Gasteiger partial charge on any atom is 0.258 e. The summed E-state index contributed by atoms with van der Waals surface area (Å²) in [5.74, 6) is -3.39. The number of carbonyl (C=O) groups is 4. The van der Waals surface area contributed by atoms with E-state index in [-0.39, 0.29) is 47.5 Å². The fourth-order valence-corrected chi connectivity index (χ4v) is 10.8.